The number of hydrogen-bond donors (Lipinski definition) is 0. The van der Waals surface area contributed by atoms with Crippen LogP contribution in [0.25, 0.3) is 0 Å². The fourth-order valence-corrected chi connectivity index (χ4v) is 2.84. The number of non-ortho nitro benzene ring substituents is 1. The second kappa shape index (κ2) is 6.70. The molecule has 128 valence electrons. The Balaban J connectivity index is 1.99. The van der Waals surface area contributed by atoms with Gasteiger partial charge in [-0.25, -0.2) is 0 Å². The van der Waals surface area contributed by atoms with Gasteiger partial charge in [-0.2, -0.15) is 5.01 Å². The van der Waals surface area contributed by atoms with Crippen molar-refractivity contribution >= 4 is 40.7 Å². The molecule has 0 N–H and O–H groups in total. The highest BCUT2D eigenvalue weighted by molar-refractivity contribution is 6.36. The van der Waals surface area contributed by atoms with Crippen molar-refractivity contribution in [2.75, 3.05) is 0 Å². The maximum atomic E-state index is 11.9. The molecule has 0 aliphatic carbocycles. The number of nitro groups is 1. The third-order valence-corrected chi connectivity index (χ3v) is 4.04. The molecule has 2 aromatic carbocycles. The molecule has 0 spiro atoms. The van der Waals surface area contributed by atoms with E-state index in [4.69, 9.17) is 27.9 Å². The molecule has 0 saturated carbocycles. The van der Waals surface area contributed by atoms with E-state index in [0.29, 0.717) is 21.2 Å². The fraction of sp³-hybridized carbons (Fsp3) is 0.125. The fourth-order valence-electron chi connectivity index (χ4n) is 2.35. The van der Waals surface area contributed by atoms with Crippen LogP contribution in [-0.4, -0.2) is 21.7 Å². The lowest BCUT2D eigenvalue weighted by Crippen LogP contribution is -2.25. The quantitative estimate of drug-likeness (QED) is 0.592. The highest BCUT2D eigenvalue weighted by atomic mass is 35.5. The van der Waals surface area contributed by atoms with E-state index in [0.717, 1.165) is 5.01 Å². The van der Waals surface area contributed by atoms with Crippen LogP contribution >= 0.6 is 23.2 Å². The van der Waals surface area contributed by atoms with E-state index in [9.17, 15) is 14.9 Å². The monoisotopic (exact) mass is 379 g/mol. The molecule has 1 aliphatic heterocycles. The first-order valence-corrected chi connectivity index (χ1v) is 7.87. The molecule has 1 unspecified atom stereocenters. The molecule has 0 aromatic heterocycles. The van der Waals surface area contributed by atoms with Crippen LogP contribution in [0.5, 0.6) is 0 Å². The second-order valence-corrected chi connectivity index (χ2v) is 6.06. The van der Waals surface area contributed by atoms with Crippen molar-refractivity contribution in [1.82, 2.24) is 5.01 Å². The highest BCUT2D eigenvalue weighted by Crippen LogP contribution is 2.33. The van der Waals surface area contributed by atoms with E-state index in [1.54, 1.807) is 18.2 Å². The van der Waals surface area contributed by atoms with Gasteiger partial charge in [0.1, 0.15) is 0 Å². The number of hydrogen-bond acceptors (Lipinski definition) is 5. The maximum absolute atomic E-state index is 11.9. The zero-order chi connectivity index (χ0) is 18.1. The summed E-state index contributed by atoms with van der Waals surface area (Å²) in [6.07, 6.45) is -0.917. The number of benzene rings is 2. The summed E-state index contributed by atoms with van der Waals surface area (Å²) < 4.78 is 5.77. The Labute approximate surface area is 152 Å². The minimum atomic E-state index is -0.917. The lowest BCUT2D eigenvalue weighted by atomic mass is 10.1. The van der Waals surface area contributed by atoms with Crippen molar-refractivity contribution in [1.29, 1.82) is 0 Å². The summed E-state index contributed by atoms with van der Waals surface area (Å²) in [5.41, 5.74) is 0.779. The molecule has 0 fully saturated rings. The first kappa shape index (κ1) is 17.2. The van der Waals surface area contributed by atoms with Crippen LogP contribution in [0.1, 0.15) is 24.3 Å². The average molecular weight is 380 g/mol. The first-order valence-electron chi connectivity index (χ1n) is 7.11. The van der Waals surface area contributed by atoms with E-state index in [1.807, 2.05) is 0 Å². The van der Waals surface area contributed by atoms with Gasteiger partial charge in [-0.3, -0.25) is 14.9 Å². The summed E-state index contributed by atoms with van der Waals surface area (Å²) in [4.78, 5) is 22.4. The SMILES string of the molecule is CC(=O)N1N=C(c2ccc(Cl)cc2Cl)OC1c1cccc([N+](=O)[O-])c1. The van der Waals surface area contributed by atoms with Crippen molar-refractivity contribution in [3.05, 3.63) is 73.8 Å². The average Bonchev–Trinajstić information content (AvgIpc) is 3.00. The van der Waals surface area contributed by atoms with E-state index >= 15 is 0 Å². The molecule has 1 aliphatic rings. The normalized spacial score (nSPS) is 16.4. The Bertz CT molecular complexity index is 901. The third kappa shape index (κ3) is 3.42. The topological polar surface area (TPSA) is 85.0 Å². The summed E-state index contributed by atoms with van der Waals surface area (Å²) in [5, 5.41) is 17.0. The molecule has 1 atom stereocenters. The Hall–Kier alpha value is -2.64. The van der Waals surface area contributed by atoms with Crippen LogP contribution in [-0.2, 0) is 9.53 Å². The van der Waals surface area contributed by atoms with Gasteiger partial charge in [0.25, 0.3) is 5.69 Å². The molecule has 0 radical (unpaired) electrons. The van der Waals surface area contributed by atoms with Crippen LogP contribution in [0.4, 0.5) is 5.69 Å². The van der Waals surface area contributed by atoms with Gasteiger partial charge in [0, 0.05) is 29.6 Å². The number of nitrogens with zero attached hydrogens (tertiary/aromatic N) is 3. The number of halogens is 2. The molecule has 9 heteroatoms. The summed E-state index contributed by atoms with van der Waals surface area (Å²) >= 11 is 12.0. The molecular formula is C16H11Cl2N3O4. The van der Waals surface area contributed by atoms with E-state index in [2.05, 4.69) is 5.10 Å². The van der Waals surface area contributed by atoms with Gasteiger partial charge in [0.2, 0.25) is 18.0 Å². The minimum Gasteiger partial charge on any atom is -0.446 e. The molecule has 0 bridgehead atoms. The molecule has 1 heterocycles. The number of amides is 1. The number of rotatable bonds is 3. The molecule has 1 amide bonds. The summed E-state index contributed by atoms with van der Waals surface area (Å²) in [6, 6.07) is 10.6. The van der Waals surface area contributed by atoms with Gasteiger partial charge in [-0.05, 0) is 18.2 Å². The van der Waals surface area contributed by atoms with Gasteiger partial charge < -0.3 is 4.74 Å². The number of hydrazone groups is 1. The second-order valence-electron chi connectivity index (χ2n) is 5.22. The van der Waals surface area contributed by atoms with Crippen molar-refractivity contribution in [2.24, 2.45) is 5.10 Å². The maximum Gasteiger partial charge on any atom is 0.269 e. The molecule has 3 rings (SSSR count). The predicted octanol–water partition coefficient (Wildman–Crippen LogP) is 4.14. The van der Waals surface area contributed by atoms with E-state index < -0.39 is 11.2 Å². The minimum absolute atomic E-state index is 0.109. The third-order valence-electron chi connectivity index (χ3n) is 3.49. The van der Waals surface area contributed by atoms with Gasteiger partial charge in [0.15, 0.2) is 0 Å². The Morgan fingerprint density at radius 1 is 1.28 bits per heavy atom. The van der Waals surface area contributed by atoms with Crippen LogP contribution < -0.4 is 0 Å². The number of carbonyl (C=O) groups excluding carboxylic acids is 1. The summed E-state index contributed by atoms with van der Waals surface area (Å²) in [7, 11) is 0. The molecular weight excluding hydrogens is 369 g/mol. The van der Waals surface area contributed by atoms with Gasteiger partial charge >= 0.3 is 0 Å². The van der Waals surface area contributed by atoms with Gasteiger partial charge in [-0.15, -0.1) is 5.10 Å². The first-order chi connectivity index (χ1) is 11.9. The standard InChI is InChI=1S/C16H11Cl2N3O4/c1-9(22)20-16(10-3-2-4-12(7-10)21(23)24)25-15(19-20)13-6-5-11(17)8-14(13)18/h2-8,16H,1H3. The zero-order valence-electron chi connectivity index (χ0n) is 12.8. The number of carbonyl (C=O) groups is 1. The lowest BCUT2D eigenvalue weighted by molar-refractivity contribution is -0.385. The Kier molecular flexibility index (Phi) is 4.61. The van der Waals surface area contributed by atoms with E-state index in [1.165, 1.54) is 31.2 Å². The van der Waals surface area contributed by atoms with Crippen molar-refractivity contribution in [3.63, 3.8) is 0 Å². The summed E-state index contributed by atoms with van der Waals surface area (Å²) in [5.74, 6) is -0.245. The number of nitro benzene ring substituents is 1. The van der Waals surface area contributed by atoms with Gasteiger partial charge in [0.05, 0.1) is 15.5 Å². The molecule has 0 saturated heterocycles. The smallest absolute Gasteiger partial charge is 0.269 e. The molecule has 2 aromatic rings. The Morgan fingerprint density at radius 3 is 2.68 bits per heavy atom. The predicted molar refractivity (Wildman–Crippen MR) is 92.4 cm³/mol. The molecule has 7 nitrogen and oxygen atoms in total. The van der Waals surface area contributed by atoms with Crippen LogP contribution in [0.15, 0.2) is 47.6 Å². The Morgan fingerprint density at radius 2 is 2.04 bits per heavy atom. The summed E-state index contributed by atoms with van der Waals surface area (Å²) in [6.45, 7) is 1.32. The van der Waals surface area contributed by atoms with E-state index in [-0.39, 0.29) is 17.5 Å². The largest absolute Gasteiger partial charge is 0.446 e. The van der Waals surface area contributed by atoms with Gasteiger partial charge in [-0.1, -0.05) is 35.3 Å². The van der Waals surface area contributed by atoms with Crippen molar-refractivity contribution in [2.45, 2.75) is 13.2 Å². The number of ether oxygens (including phenoxy) is 1. The van der Waals surface area contributed by atoms with Crippen LogP contribution in [0.2, 0.25) is 10.0 Å². The van der Waals surface area contributed by atoms with Crippen LogP contribution in [0.3, 0.4) is 0 Å². The lowest BCUT2D eigenvalue weighted by Gasteiger charge is -2.19. The molecule has 25 heavy (non-hydrogen) atoms. The van der Waals surface area contributed by atoms with Crippen molar-refractivity contribution < 1.29 is 14.5 Å². The highest BCUT2D eigenvalue weighted by Gasteiger charge is 2.34. The zero-order valence-corrected chi connectivity index (χ0v) is 14.4. The van der Waals surface area contributed by atoms with Crippen LogP contribution in [0, 0.1) is 10.1 Å². The van der Waals surface area contributed by atoms with Crippen molar-refractivity contribution in [3.8, 4) is 0 Å².